The second-order valence-corrected chi connectivity index (χ2v) is 2.96. The van der Waals surface area contributed by atoms with Gasteiger partial charge in [-0.05, 0) is 7.05 Å². The zero-order chi connectivity index (χ0) is 6.78. The Morgan fingerprint density at radius 2 is 2.00 bits per heavy atom. The number of halogens is 2. The molecule has 0 aliphatic carbocycles. The Hall–Kier alpha value is 0.0500. The summed E-state index contributed by atoms with van der Waals surface area (Å²) in [4.78, 5) is 0. The maximum absolute atomic E-state index is 11.6. The summed E-state index contributed by atoms with van der Waals surface area (Å²) in [7, 11) is -3.80. The molecular formula is C3H8F2NOP. The van der Waals surface area contributed by atoms with Gasteiger partial charge in [0, 0.05) is 6.54 Å². The summed E-state index contributed by atoms with van der Waals surface area (Å²) in [6.07, 6.45) is 0. The molecule has 0 atom stereocenters. The minimum atomic E-state index is -4.92. The smallest absolute Gasteiger partial charge is 0.231 e. The molecule has 0 radical (unpaired) electrons. The highest BCUT2D eigenvalue weighted by Crippen LogP contribution is 2.51. The predicted octanol–water partition coefficient (Wildman–Crippen LogP) is 1.99. The van der Waals surface area contributed by atoms with E-state index < -0.39 is 7.91 Å². The van der Waals surface area contributed by atoms with Crippen molar-refractivity contribution in [3.63, 3.8) is 0 Å². The summed E-state index contributed by atoms with van der Waals surface area (Å²) < 4.78 is 33.5. The summed E-state index contributed by atoms with van der Waals surface area (Å²) in [5, 5.41) is 0. The molecule has 0 saturated heterocycles. The van der Waals surface area contributed by atoms with Crippen molar-refractivity contribution in [2.75, 3.05) is 13.6 Å². The van der Waals surface area contributed by atoms with Crippen molar-refractivity contribution in [3.8, 4) is 0 Å². The van der Waals surface area contributed by atoms with Gasteiger partial charge >= 0.3 is 7.91 Å². The molecule has 2 nitrogen and oxygen atoms in total. The van der Waals surface area contributed by atoms with Gasteiger partial charge in [0.25, 0.3) is 0 Å². The van der Waals surface area contributed by atoms with Crippen molar-refractivity contribution in [1.82, 2.24) is 4.67 Å². The lowest BCUT2D eigenvalue weighted by Crippen LogP contribution is -2.08. The minimum absolute atomic E-state index is 0.115. The van der Waals surface area contributed by atoms with Crippen molar-refractivity contribution < 1.29 is 13.0 Å². The fourth-order valence-corrected chi connectivity index (χ4v) is 0.494. The quantitative estimate of drug-likeness (QED) is 0.551. The van der Waals surface area contributed by atoms with Gasteiger partial charge in [0.1, 0.15) is 0 Å². The van der Waals surface area contributed by atoms with E-state index in [-0.39, 0.29) is 6.54 Å². The molecule has 0 unspecified atom stereocenters. The molecule has 0 heterocycles. The Labute approximate surface area is 47.2 Å². The lowest BCUT2D eigenvalue weighted by Gasteiger charge is -2.09. The first-order valence-electron chi connectivity index (χ1n) is 2.19. The highest BCUT2D eigenvalue weighted by atomic mass is 31.2. The van der Waals surface area contributed by atoms with Gasteiger partial charge in [0.2, 0.25) is 0 Å². The van der Waals surface area contributed by atoms with Gasteiger partial charge in [-0.15, -0.1) is 8.39 Å². The molecular weight excluding hydrogens is 135 g/mol. The third kappa shape index (κ3) is 2.38. The van der Waals surface area contributed by atoms with E-state index in [1.165, 1.54) is 6.92 Å². The molecule has 0 aromatic rings. The average Bonchev–Trinajstić information content (AvgIpc) is 1.62. The maximum atomic E-state index is 11.6. The van der Waals surface area contributed by atoms with Gasteiger partial charge in [-0.1, -0.05) is 6.92 Å². The third-order valence-corrected chi connectivity index (χ3v) is 1.93. The summed E-state index contributed by atoms with van der Waals surface area (Å²) in [5.41, 5.74) is 0. The van der Waals surface area contributed by atoms with Crippen LogP contribution in [-0.4, -0.2) is 18.3 Å². The van der Waals surface area contributed by atoms with E-state index in [2.05, 4.69) is 0 Å². The van der Waals surface area contributed by atoms with E-state index in [0.717, 1.165) is 7.05 Å². The van der Waals surface area contributed by atoms with E-state index in [1.807, 2.05) is 0 Å². The molecule has 0 amide bonds. The van der Waals surface area contributed by atoms with Crippen LogP contribution in [0, 0.1) is 0 Å². The van der Waals surface area contributed by atoms with E-state index in [9.17, 15) is 13.0 Å². The maximum Gasteiger partial charge on any atom is 0.482 e. The van der Waals surface area contributed by atoms with Crippen molar-refractivity contribution in [1.29, 1.82) is 0 Å². The Kier molecular flexibility index (Phi) is 2.57. The first-order chi connectivity index (χ1) is 3.48. The number of nitrogens with zero attached hydrogens (tertiary/aromatic N) is 1. The number of hydrogen-bond donors (Lipinski definition) is 0. The first-order valence-corrected chi connectivity index (χ1v) is 3.63. The van der Waals surface area contributed by atoms with Gasteiger partial charge < -0.3 is 0 Å². The summed E-state index contributed by atoms with van der Waals surface area (Å²) >= 11 is 0. The Morgan fingerprint density at radius 3 is 2.00 bits per heavy atom. The van der Waals surface area contributed by atoms with Crippen LogP contribution in [0.3, 0.4) is 0 Å². The molecule has 5 heteroatoms. The summed E-state index contributed by atoms with van der Waals surface area (Å²) in [6.45, 7) is 1.64. The molecule has 0 spiro atoms. The summed E-state index contributed by atoms with van der Waals surface area (Å²) in [5.74, 6) is 0. The molecule has 0 aliphatic rings. The summed E-state index contributed by atoms with van der Waals surface area (Å²) in [6, 6.07) is 0. The molecule has 0 aliphatic heterocycles. The van der Waals surface area contributed by atoms with E-state index in [1.54, 1.807) is 0 Å². The van der Waals surface area contributed by atoms with Crippen LogP contribution in [0.4, 0.5) is 8.39 Å². The van der Waals surface area contributed by atoms with Gasteiger partial charge in [0.15, 0.2) is 0 Å². The molecule has 0 fully saturated rings. The van der Waals surface area contributed by atoms with Gasteiger partial charge in [-0.2, -0.15) is 0 Å². The predicted molar refractivity (Wildman–Crippen MR) is 28.1 cm³/mol. The molecule has 50 valence electrons. The van der Waals surface area contributed by atoms with E-state index in [4.69, 9.17) is 0 Å². The molecule has 0 N–H and O–H groups in total. The van der Waals surface area contributed by atoms with Crippen molar-refractivity contribution in [3.05, 3.63) is 0 Å². The SMILES string of the molecule is CCN(C)P(=O)(F)F. The normalized spacial score (nSPS) is 12.6. The van der Waals surface area contributed by atoms with Crippen LogP contribution < -0.4 is 0 Å². The Morgan fingerprint density at radius 1 is 1.62 bits per heavy atom. The first kappa shape index (κ1) is 8.05. The largest absolute Gasteiger partial charge is 0.482 e. The standard InChI is InChI=1S/C3H8F2NOP/c1-3-6(2)8(4,5)7/h3H2,1-2H3. The van der Waals surface area contributed by atoms with Gasteiger partial charge in [0.05, 0.1) is 0 Å². The fourth-order valence-electron chi connectivity index (χ4n) is 0.165. The van der Waals surface area contributed by atoms with Crippen molar-refractivity contribution in [2.45, 2.75) is 6.92 Å². The van der Waals surface area contributed by atoms with Gasteiger partial charge in [-0.3, -0.25) is 0 Å². The van der Waals surface area contributed by atoms with Crippen LogP contribution in [0.1, 0.15) is 6.92 Å². The number of rotatable bonds is 2. The second-order valence-electron chi connectivity index (χ2n) is 1.41. The highest BCUT2D eigenvalue weighted by molar-refractivity contribution is 7.50. The van der Waals surface area contributed by atoms with Crippen LogP contribution in [0.15, 0.2) is 0 Å². The monoisotopic (exact) mass is 143 g/mol. The minimum Gasteiger partial charge on any atom is -0.231 e. The van der Waals surface area contributed by atoms with Crippen LogP contribution in [0.2, 0.25) is 0 Å². The Bertz CT molecular complexity index is 112. The third-order valence-electron chi connectivity index (χ3n) is 0.855. The molecule has 0 bridgehead atoms. The molecule has 0 saturated carbocycles. The zero-order valence-corrected chi connectivity index (χ0v) is 5.66. The molecule has 0 aromatic carbocycles. The van der Waals surface area contributed by atoms with Crippen LogP contribution in [0.5, 0.6) is 0 Å². The van der Waals surface area contributed by atoms with Crippen molar-refractivity contribution >= 4 is 7.91 Å². The second kappa shape index (κ2) is 2.55. The van der Waals surface area contributed by atoms with Crippen LogP contribution >= 0.6 is 7.91 Å². The Balaban J connectivity index is 3.82. The number of hydrogen-bond acceptors (Lipinski definition) is 1. The lowest BCUT2D eigenvalue weighted by molar-refractivity contribution is 0.394. The van der Waals surface area contributed by atoms with Crippen molar-refractivity contribution in [2.24, 2.45) is 0 Å². The lowest BCUT2D eigenvalue weighted by atomic mass is 10.8. The average molecular weight is 143 g/mol. The van der Waals surface area contributed by atoms with Crippen LogP contribution in [-0.2, 0) is 4.57 Å². The van der Waals surface area contributed by atoms with Crippen LogP contribution in [0.25, 0.3) is 0 Å². The molecule has 0 rings (SSSR count). The molecule has 0 aromatic heterocycles. The molecule has 8 heavy (non-hydrogen) atoms. The van der Waals surface area contributed by atoms with E-state index >= 15 is 0 Å². The highest BCUT2D eigenvalue weighted by Gasteiger charge is 2.23. The van der Waals surface area contributed by atoms with E-state index in [0.29, 0.717) is 4.67 Å². The zero-order valence-electron chi connectivity index (χ0n) is 4.77. The van der Waals surface area contributed by atoms with Gasteiger partial charge in [-0.25, -0.2) is 9.24 Å². The fraction of sp³-hybridized carbons (Fsp3) is 1.00. The topological polar surface area (TPSA) is 20.3 Å².